The molecule has 0 aliphatic carbocycles. The molecule has 1 saturated heterocycles. The molecule has 2 N–H and O–H groups in total. The molecule has 0 aromatic rings. The Morgan fingerprint density at radius 2 is 2.15 bits per heavy atom. The molecule has 0 aromatic carbocycles. The van der Waals surface area contributed by atoms with Crippen LogP contribution in [0.25, 0.3) is 0 Å². The van der Waals surface area contributed by atoms with Crippen molar-refractivity contribution in [1.29, 1.82) is 0 Å². The van der Waals surface area contributed by atoms with Crippen LogP contribution in [-0.4, -0.2) is 24.0 Å². The minimum Gasteiger partial charge on any atom is -0.402 e. The third-order valence-corrected chi connectivity index (χ3v) is 3.67. The third kappa shape index (κ3) is 1.48. The van der Waals surface area contributed by atoms with Crippen LogP contribution in [0.1, 0.15) is 33.1 Å². The number of hydrogen-bond donors (Lipinski definition) is 1. The van der Waals surface area contributed by atoms with Crippen LogP contribution < -0.4 is 5.73 Å². The Labute approximate surface area is 80.8 Å². The topological polar surface area (TPSA) is 29.3 Å². The van der Waals surface area contributed by atoms with Crippen LogP contribution in [0.4, 0.5) is 0 Å². The lowest BCUT2D eigenvalue weighted by Crippen LogP contribution is -2.49. The number of piperidine rings is 1. The van der Waals surface area contributed by atoms with E-state index in [1.165, 1.54) is 31.4 Å². The van der Waals surface area contributed by atoms with E-state index in [9.17, 15) is 0 Å². The predicted molar refractivity (Wildman–Crippen MR) is 55.3 cm³/mol. The van der Waals surface area contributed by atoms with Gasteiger partial charge in [0.2, 0.25) is 0 Å². The standard InChI is InChI=1S/C11H20N2/c1-8-7-13-6-4-3-5-10(13)9(2)11(8)12/h9-10H,3-7,12H2,1-2H3. The highest BCUT2D eigenvalue weighted by Gasteiger charge is 2.32. The van der Waals surface area contributed by atoms with Crippen molar-refractivity contribution in [2.24, 2.45) is 11.7 Å². The molecule has 74 valence electrons. The van der Waals surface area contributed by atoms with Gasteiger partial charge in [-0.1, -0.05) is 13.3 Å². The van der Waals surface area contributed by atoms with Gasteiger partial charge in [-0.3, -0.25) is 4.90 Å². The molecule has 2 aliphatic rings. The fourth-order valence-corrected chi connectivity index (χ4v) is 2.77. The fraction of sp³-hybridized carbons (Fsp3) is 0.818. The Bertz CT molecular complexity index is 232. The van der Waals surface area contributed by atoms with Gasteiger partial charge in [0.05, 0.1) is 0 Å². The lowest BCUT2D eigenvalue weighted by molar-refractivity contribution is 0.115. The molecule has 0 spiro atoms. The summed E-state index contributed by atoms with van der Waals surface area (Å²) >= 11 is 0. The van der Waals surface area contributed by atoms with Gasteiger partial charge in [0.15, 0.2) is 0 Å². The Kier molecular flexibility index (Phi) is 2.33. The maximum absolute atomic E-state index is 6.08. The molecule has 2 aliphatic heterocycles. The van der Waals surface area contributed by atoms with E-state index in [-0.39, 0.29) is 0 Å². The van der Waals surface area contributed by atoms with Crippen LogP contribution >= 0.6 is 0 Å². The van der Waals surface area contributed by atoms with Crippen LogP contribution in [-0.2, 0) is 0 Å². The molecule has 2 nitrogen and oxygen atoms in total. The summed E-state index contributed by atoms with van der Waals surface area (Å²) < 4.78 is 0. The van der Waals surface area contributed by atoms with Gasteiger partial charge in [-0.25, -0.2) is 0 Å². The van der Waals surface area contributed by atoms with E-state index in [0.29, 0.717) is 5.92 Å². The highest BCUT2D eigenvalue weighted by Crippen LogP contribution is 2.31. The second-order valence-electron chi connectivity index (χ2n) is 4.56. The minimum absolute atomic E-state index is 0.578. The van der Waals surface area contributed by atoms with E-state index in [1.807, 2.05) is 0 Å². The third-order valence-electron chi connectivity index (χ3n) is 3.67. The average molecular weight is 180 g/mol. The summed E-state index contributed by atoms with van der Waals surface area (Å²) in [5.74, 6) is 0.578. The summed E-state index contributed by atoms with van der Waals surface area (Å²) in [4.78, 5) is 2.61. The SMILES string of the molecule is CC1=C(N)C(C)C2CCCCN2C1. The summed E-state index contributed by atoms with van der Waals surface area (Å²) in [5.41, 5.74) is 8.63. The average Bonchev–Trinajstić information content (AvgIpc) is 2.15. The number of fused-ring (bicyclic) bond motifs is 1. The van der Waals surface area contributed by atoms with Crippen LogP contribution in [0.2, 0.25) is 0 Å². The predicted octanol–water partition coefficient (Wildman–Crippen LogP) is 1.72. The van der Waals surface area contributed by atoms with Crippen molar-refractivity contribution in [3.63, 3.8) is 0 Å². The summed E-state index contributed by atoms with van der Waals surface area (Å²) in [6.45, 7) is 6.85. The normalized spacial score (nSPS) is 36.2. The largest absolute Gasteiger partial charge is 0.402 e. The summed E-state index contributed by atoms with van der Waals surface area (Å²) in [6, 6.07) is 0.734. The van der Waals surface area contributed by atoms with Gasteiger partial charge in [0.1, 0.15) is 0 Å². The Balaban J connectivity index is 2.20. The van der Waals surface area contributed by atoms with Crippen molar-refractivity contribution in [1.82, 2.24) is 4.90 Å². The van der Waals surface area contributed by atoms with Gasteiger partial charge in [0, 0.05) is 24.2 Å². The lowest BCUT2D eigenvalue weighted by Gasteiger charge is -2.43. The molecule has 0 saturated carbocycles. The first-order chi connectivity index (χ1) is 6.20. The first-order valence-electron chi connectivity index (χ1n) is 5.39. The van der Waals surface area contributed by atoms with Crippen LogP contribution in [0.15, 0.2) is 11.3 Å². The number of hydrogen-bond acceptors (Lipinski definition) is 2. The van der Waals surface area contributed by atoms with Gasteiger partial charge in [0.25, 0.3) is 0 Å². The van der Waals surface area contributed by atoms with Crippen molar-refractivity contribution < 1.29 is 0 Å². The smallest absolute Gasteiger partial charge is 0.0213 e. The van der Waals surface area contributed by atoms with E-state index in [1.54, 1.807) is 0 Å². The van der Waals surface area contributed by atoms with Crippen LogP contribution in [0.3, 0.4) is 0 Å². The highest BCUT2D eigenvalue weighted by atomic mass is 15.2. The maximum Gasteiger partial charge on any atom is 0.0213 e. The van der Waals surface area contributed by atoms with Crippen molar-refractivity contribution in [2.45, 2.75) is 39.2 Å². The van der Waals surface area contributed by atoms with Crippen molar-refractivity contribution in [3.8, 4) is 0 Å². The summed E-state index contributed by atoms with van der Waals surface area (Å²) in [5, 5.41) is 0. The summed E-state index contributed by atoms with van der Waals surface area (Å²) in [7, 11) is 0. The number of nitrogens with two attached hydrogens (primary N) is 1. The maximum atomic E-state index is 6.08. The number of rotatable bonds is 0. The van der Waals surface area contributed by atoms with Gasteiger partial charge >= 0.3 is 0 Å². The lowest BCUT2D eigenvalue weighted by atomic mass is 9.84. The first-order valence-corrected chi connectivity index (χ1v) is 5.39. The molecular weight excluding hydrogens is 160 g/mol. The van der Waals surface area contributed by atoms with E-state index in [0.717, 1.165) is 18.3 Å². The van der Waals surface area contributed by atoms with Crippen molar-refractivity contribution in [2.75, 3.05) is 13.1 Å². The molecule has 0 amide bonds. The number of nitrogens with zero attached hydrogens (tertiary/aromatic N) is 1. The van der Waals surface area contributed by atoms with Gasteiger partial charge in [-0.05, 0) is 31.9 Å². The van der Waals surface area contributed by atoms with Crippen LogP contribution in [0.5, 0.6) is 0 Å². The molecule has 2 atom stereocenters. The first kappa shape index (κ1) is 9.07. The molecule has 2 rings (SSSR count). The molecule has 13 heavy (non-hydrogen) atoms. The second-order valence-corrected chi connectivity index (χ2v) is 4.56. The molecule has 0 radical (unpaired) electrons. The van der Waals surface area contributed by atoms with Crippen molar-refractivity contribution >= 4 is 0 Å². The Morgan fingerprint density at radius 3 is 2.92 bits per heavy atom. The van der Waals surface area contributed by atoms with Crippen LogP contribution in [0, 0.1) is 5.92 Å². The molecule has 0 aromatic heterocycles. The zero-order valence-electron chi connectivity index (χ0n) is 8.71. The second kappa shape index (κ2) is 3.33. The van der Waals surface area contributed by atoms with Gasteiger partial charge in [-0.2, -0.15) is 0 Å². The van der Waals surface area contributed by atoms with Gasteiger partial charge < -0.3 is 5.73 Å². The van der Waals surface area contributed by atoms with Crippen molar-refractivity contribution in [3.05, 3.63) is 11.3 Å². The molecular formula is C11H20N2. The molecule has 1 fully saturated rings. The quantitative estimate of drug-likeness (QED) is 0.615. The Hall–Kier alpha value is -0.500. The molecule has 2 heteroatoms. The molecule has 0 bridgehead atoms. The zero-order chi connectivity index (χ0) is 9.42. The highest BCUT2D eigenvalue weighted by molar-refractivity contribution is 5.19. The van der Waals surface area contributed by atoms with Gasteiger partial charge in [-0.15, -0.1) is 0 Å². The van der Waals surface area contributed by atoms with E-state index >= 15 is 0 Å². The summed E-state index contributed by atoms with van der Waals surface area (Å²) in [6.07, 6.45) is 4.10. The molecule has 2 heterocycles. The van der Waals surface area contributed by atoms with E-state index in [4.69, 9.17) is 5.73 Å². The molecule has 2 unspecified atom stereocenters. The Morgan fingerprint density at radius 1 is 1.38 bits per heavy atom. The fourth-order valence-electron chi connectivity index (χ4n) is 2.77. The monoisotopic (exact) mass is 180 g/mol. The minimum atomic E-state index is 0.578. The van der Waals surface area contributed by atoms with E-state index < -0.39 is 0 Å². The van der Waals surface area contributed by atoms with E-state index in [2.05, 4.69) is 18.7 Å². The zero-order valence-corrected chi connectivity index (χ0v) is 8.71.